The number of rotatable bonds is 2. The van der Waals surface area contributed by atoms with E-state index >= 15 is 0 Å². The summed E-state index contributed by atoms with van der Waals surface area (Å²) in [5, 5.41) is 8.00. The summed E-state index contributed by atoms with van der Waals surface area (Å²) in [6.45, 7) is 7.47. The van der Waals surface area contributed by atoms with Gasteiger partial charge in [0.15, 0.2) is 5.78 Å². The third-order valence-corrected chi connectivity index (χ3v) is 4.76. The van der Waals surface area contributed by atoms with Crippen molar-refractivity contribution in [3.63, 3.8) is 0 Å². The molecule has 130 valence electrons. The SMILES string of the molecule is Cc1ccc(C(=O)C2CC3CCC(C2)N3C(=O)OC(C)(C)C)nn1. The average molecular weight is 331 g/mol. The molecule has 3 heterocycles. The number of Topliss-reactive ketones (excluding diaryl/α,β-unsaturated/α-hetero) is 1. The lowest BCUT2D eigenvalue weighted by molar-refractivity contribution is 0.00250. The molecule has 2 fully saturated rings. The van der Waals surface area contributed by atoms with Gasteiger partial charge in [-0.2, -0.15) is 5.10 Å². The maximum absolute atomic E-state index is 12.7. The number of nitrogens with zero attached hydrogens (tertiary/aromatic N) is 3. The molecule has 24 heavy (non-hydrogen) atoms. The Labute approximate surface area is 142 Å². The summed E-state index contributed by atoms with van der Waals surface area (Å²) in [5.74, 6) is -0.0403. The van der Waals surface area contributed by atoms with Crippen LogP contribution in [0.2, 0.25) is 0 Å². The summed E-state index contributed by atoms with van der Waals surface area (Å²) < 4.78 is 5.53. The van der Waals surface area contributed by atoms with E-state index in [1.54, 1.807) is 6.07 Å². The second-order valence-electron chi connectivity index (χ2n) is 7.87. The van der Waals surface area contributed by atoms with E-state index in [1.807, 2.05) is 38.7 Å². The number of ketones is 1. The van der Waals surface area contributed by atoms with Crippen LogP contribution in [0.3, 0.4) is 0 Å². The van der Waals surface area contributed by atoms with Crippen LogP contribution in [-0.4, -0.2) is 44.7 Å². The number of fused-ring (bicyclic) bond motifs is 2. The molecule has 1 amide bonds. The number of carbonyl (C=O) groups is 2. The standard InChI is InChI=1S/C18H25N3O3/c1-11-5-8-15(20-19-11)16(22)12-9-13-6-7-14(10-12)21(13)17(23)24-18(2,3)4/h5,8,12-14H,6-7,9-10H2,1-4H3. The highest BCUT2D eigenvalue weighted by atomic mass is 16.6. The zero-order valence-electron chi connectivity index (χ0n) is 14.8. The first kappa shape index (κ1) is 16.9. The Morgan fingerprint density at radius 3 is 2.25 bits per heavy atom. The quantitative estimate of drug-likeness (QED) is 0.778. The zero-order valence-corrected chi connectivity index (χ0v) is 14.8. The van der Waals surface area contributed by atoms with Crippen molar-refractivity contribution in [3.05, 3.63) is 23.5 Å². The molecule has 2 unspecified atom stereocenters. The minimum absolute atomic E-state index is 0.0447. The van der Waals surface area contributed by atoms with Gasteiger partial charge in [-0.3, -0.25) is 4.79 Å². The second kappa shape index (κ2) is 6.15. The summed E-state index contributed by atoms with van der Waals surface area (Å²) in [6, 6.07) is 3.73. The van der Waals surface area contributed by atoms with Gasteiger partial charge in [0.1, 0.15) is 11.3 Å². The largest absolute Gasteiger partial charge is 0.444 e. The van der Waals surface area contributed by atoms with Crippen LogP contribution in [0.15, 0.2) is 12.1 Å². The van der Waals surface area contributed by atoms with Gasteiger partial charge in [0, 0.05) is 18.0 Å². The average Bonchev–Trinajstić information content (AvgIpc) is 2.76. The van der Waals surface area contributed by atoms with Gasteiger partial charge in [-0.25, -0.2) is 4.79 Å². The third kappa shape index (κ3) is 3.42. The van der Waals surface area contributed by atoms with Crippen LogP contribution in [-0.2, 0) is 4.74 Å². The van der Waals surface area contributed by atoms with Gasteiger partial charge >= 0.3 is 6.09 Å². The number of ether oxygens (including phenoxy) is 1. The molecule has 2 saturated heterocycles. The van der Waals surface area contributed by atoms with Crippen LogP contribution in [0.4, 0.5) is 4.79 Å². The molecule has 6 heteroatoms. The molecular formula is C18H25N3O3. The van der Waals surface area contributed by atoms with Gasteiger partial charge < -0.3 is 9.64 Å². The van der Waals surface area contributed by atoms with E-state index in [9.17, 15) is 9.59 Å². The monoisotopic (exact) mass is 331 g/mol. The van der Waals surface area contributed by atoms with Crippen molar-refractivity contribution in [2.75, 3.05) is 0 Å². The highest BCUT2D eigenvalue weighted by Crippen LogP contribution is 2.40. The predicted molar refractivity (Wildman–Crippen MR) is 88.7 cm³/mol. The van der Waals surface area contributed by atoms with E-state index in [4.69, 9.17) is 4.74 Å². The van der Waals surface area contributed by atoms with Crippen molar-refractivity contribution < 1.29 is 14.3 Å². The molecule has 2 bridgehead atoms. The molecule has 3 rings (SSSR count). The van der Waals surface area contributed by atoms with Crippen molar-refractivity contribution in [1.29, 1.82) is 0 Å². The van der Waals surface area contributed by atoms with Crippen molar-refractivity contribution in [3.8, 4) is 0 Å². The Bertz CT molecular complexity index is 622. The molecule has 0 N–H and O–H groups in total. The fraction of sp³-hybridized carbons (Fsp3) is 0.667. The van der Waals surface area contributed by atoms with E-state index in [-0.39, 0.29) is 29.9 Å². The topological polar surface area (TPSA) is 72.4 Å². The fourth-order valence-electron chi connectivity index (χ4n) is 3.74. The molecular weight excluding hydrogens is 306 g/mol. The molecule has 1 aromatic rings. The molecule has 6 nitrogen and oxygen atoms in total. The zero-order chi connectivity index (χ0) is 17.5. The molecule has 2 atom stereocenters. The third-order valence-electron chi connectivity index (χ3n) is 4.76. The molecule has 0 saturated carbocycles. The van der Waals surface area contributed by atoms with Crippen molar-refractivity contribution in [1.82, 2.24) is 15.1 Å². The smallest absolute Gasteiger partial charge is 0.410 e. The van der Waals surface area contributed by atoms with E-state index < -0.39 is 5.60 Å². The van der Waals surface area contributed by atoms with E-state index in [1.165, 1.54) is 0 Å². The van der Waals surface area contributed by atoms with Gasteiger partial charge in [-0.1, -0.05) is 0 Å². The minimum atomic E-state index is -0.499. The number of aromatic nitrogens is 2. The summed E-state index contributed by atoms with van der Waals surface area (Å²) in [7, 11) is 0. The van der Waals surface area contributed by atoms with Gasteiger partial charge in [0.25, 0.3) is 0 Å². The van der Waals surface area contributed by atoms with Crippen LogP contribution in [0.5, 0.6) is 0 Å². The molecule has 0 radical (unpaired) electrons. The molecule has 1 aromatic heterocycles. The highest BCUT2D eigenvalue weighted by Gasteiger charge is 2.46. The molecule has 0 aromatic carbocycles. The first-order valence-electron chi connectivity index (χ1n) is 8.60. The number of hydrogen-bond donors (Lipinski definition) is 0. The molecule has 0 spiro atoms. The van der Waals surface area contributed by atoms with Gasteiger partial charge in [0.05, 0.1) is 5.69 Å². The number of aryl methyl sites for hydroxylation is 1. The summed E-state index contributed by atoms with van der Waals surface area (Å²) in [4.78, 5) is 27.0. The lowest BCUT2D eigenvalue weighted by Crippen LogP contribution is -2.49. The number of carbonyl (C=O) groups excluding carboxylic acids is 2. The maximum atomic E-state index is 12.7. The molecule has 2 aliphatic heterocycles. The summed E-state index contributed by atoms with van der Waals surface area (Å²) in [6.07, 6.45) is 2.99. The predicted octanol–water partition coefficient (Wildman–Crippen LogP) is 3.15. The first-order valence-corrected chi connectivity index (χ1v) is 8.60. The van der Waals surface area contributed by atoms with E-state index in [2.05, 4.69) is 10.2 Å². The van der Waals surface area contributed by atoms with Gasteiger partial charge in [-0.15, -0.1) is 5.10 Å². The minimum Gasteiger partial charge on any atom is -0.444 e. The van der Waals surface area contributed by atoms with Crippen LogP contribution >= 0.6 is 0 Å². The van der Waals surface area contributed by atoms with Crippen molar-refractivity contribution in [2.45, 2.75) is 71.1 Å². The van der Waals surface area contributed by atoms with Crippen LogP contribution in [0.25, 0.3) is 0 Å². The van der Waals surface area contributed by atoms with E-state index in [0.29, 0.717) is 18.5 Å². The Kier molecular flexibility index (Phi) is 4.32. The number of hydrogen-bond acceptors (Lipinski definition) is 5. The van der Waals surface area contributed by atoms with Crippen LogP contribution < -0.4 is 0 Å². The van der Waals surface area contributed by atoms with Gasteiger partial charge in [0.2, 0.25) is 0 Å². The van der Waals surface area contributed by atoms with E-state index in [0.717, 1.165) is 18.5 Å². The van der Waals surface area contributed by atoms with Gasteiger partial charge in [-0.05, 0) is 65.5 Å². The highest BCUT2D eigenvalue weighted by molar-refractivity contribution is 5.96. The second-order valence-corrected chi connectivity index (χ2v) is 7.87. The molecule has 2 aliphatic rings. The first-order chi connectivity index (χ1) is 11.2. The Morgan fingerprint density at radius 2 is 1.75 bits per heavy atom. The maximum Gasteiger partial charge on any atom is 0.410 e. The number of amides is 1. The van der Waals surface area contributed by atoms with Crippen molar-refractivity contribution >= 4 is 11.9 Å². The Morgan fingerprint density at radius 1 is 1.12 bits per heavy atom. The lowest BCUT2D eigenvalue weighted by atomic mass is 9.86. The summed E-state index contributed by atoms with van der Waals surface area (Å²) in [5.41, 5.74) is 0.725. The van der Waals surface area contributed by atoms with Crippen molar-refractivity contribution in [2.24, 2.45) is 5.92 Å². The Balaban J connectivity index is 1.70. The lowest BCUT2D eigenvalue weighted by Gasteiger charge is -2.38. The molecule has 0 aliphatic carbocycles. The Hall–Kier alpha value is -1.98. The normalized spacial score (nSPS) is 26.3. The van der Waals surface area contributed by atoms with Crippen LogP contribution in [0.1, 0.15) is 62.6 Å². The van der Waals surface area contributed by atoms with Crippen LogP contribution in [0, 0.1) is 12.8 Å². The number of piperidine rings is 1. The summed E-state index contributed by atoms with van der Waals surface area (Å²) >= 11 is 0. The fourth-order valence-corrected chi connectivity index (χ4v) is 3.74.